The van der Waals surface area contributed by atoms with Crippen molar-refractivity contribution in [3.63, 3.8) is 0 Å². The van der Waals surface area contributed by atoms with Crippen molar-refractivity contribution in [2.45, 2.75) is 25.7 Å². The summed E-state index contributed by atoms with van der Waals surface area (Å²) in [6.07, 6.45) is 2.21. The van der Waals surface area contributed by atoms with Crippen molar-refractivity contribution in [2.24, 2.45) is 5.92 Å². The molecule has 0 atom stereocenters. The zero-order valence-electron chi connectivity index (χ0n) is 13.5. The van der Waals surface area contributed by atoms with Crippen molar-refractivity contribution in [3.05, 3.63) is 22.7 Å². The fourth-order valence-corrected chi connectivity index (χ4v) is 3.47. The third kappa shape index (κ3) is 3.81. The molecule has 1 fully saturated rings. The van der Waals surface area contributed by atoms with E-state index in [0.717, 1.165) is 5.56 Å². The molecule has 3 heterocycles. The van der Waals surface area contributed by atoms with Gasteiger partial charge < -0.3 is 14.7 Å². The van der Waals surface area contributed by atoms with Crippen LogP contribution in [0.25, 0.3) is 11.4 Å². The molecule has 1 saturated heterocycles. The van der Waals surface area contributed by atoms with Gasteiger partial charge in [-0.15, -0.1) is 0 Å². The number of thiophene rings is 1. The van der Waals surface area contributed by atoms with Crippen LogP contribution in [0.3, 0.4) is 0 Å². The fraction of sp³-hybridized carbons (Fsp3) is 0.500. The quantitative estimate of drug-likeness (QED) is 0.889. The van der Waals surface area contributed by atoms with E-state index < -0.39 is 0 Å². The molecule has 1 aliphatic heterocycles. The zero-order valence-corrected chi connectivity index (χ0v) is 14.3. The number of amides is 2. The molecule has 24 heavy (non-hydrogen) atoms. The summed E-state index contributed by atoms with van der Waals surface area (Å²) in [6, 6.07) is 1.93. The van der Waals surface area contributed by atoms with Crippen molar-refractivity contribution in [1.82, 2.24) is 20.4 Å². The Kier molecular flexibility index (Phi) is 5.24. The minimum atomic E-state index is 0.0168. The highest BCUT2D eigenvalue weighted by molar-refractivity contribution is 7.08. The van der Waals surface area contributed by atoms with Gasteiger partial charge in [0.2, 0.25) is 23.5 Å². The Bertz CT molecular complexity index is 690. The van der Waals surface area contributed by atoms with Gasteiger partial charge in [-0.1, -0.05) is 5.16 Å². The van der Waals surface area contributed by atoms with Crippen molar-refractivity contribution in [1.29, 1.82) is 0 Å². The van der Waals surface area contributed by atoms with Crippen LogP contribution in [0, 0.1) is 5.92 Å². The normalized spacial score (nSPS) is 15.5. The second kappa shape index (κ2) is 7.57. The van der Waals surface area contributed by atoms with Crippen LogP contribution in [-0.4, -0.2) is 47.0 Å². The Morgan fingerprint density at radius 3 is 2.88 bits per heavy atom. The van der Waals surface area contributed by atoms with E-state index >= 15 is 0 Å². The monoisotopic (exact) mass is 348 g/mol. The highest BCUT2D eigenvalue weighted by Gasteiger charge is 2.26. The summed E-state index contributed by atoms with van der Waals surface area (Å²) >= 11 is 1.57. The largest absolute Gasteiger partial charge is 0.359 e. The van der Waals surface area contributed by atoms with E-state index in [1.165, 1.54) is 0 Å². The minimum absolute atomic E-state index is 0.0168. The van der Waals surface area contributed by atoms with Crippen LogP contribution in [0.2, 0.25) is 0 Å². The maximum atomic E-state index is 12.3. The number of carbonyl (C=O) groups excluding carboxylic acids is 2. The number of piperidine rings is 1. The van der Waals surface area contributed by atoms with E-state index in [2.05, 4.69) is 15.5 Å². The molecule has 1 aliphatic rings. The number of nitrogens with one attached hydrogen (secondary N) is 1. The third-order valence-electron chi connectivity index (χ3n) is 4.27. The molecule has 0 saturated carbocycles. The molecule has 2 amide bonds. The predicted octanol–water partition coefficient (Wildman–Crippen LogP) is 1.72. The average molecular weight is 348 g/mol. The van der Waals surface area contributed by atoms with Gasteiger partial charge in [0.05, 0.1) is 0 Å². The smallest absolute Gasteiger partial charge is 0.227 e. The zero-order chi connectivity index (χ0) is 16.9. The van der Waals surface area contributed by atoms with Gasteiger partial charge in [0, 0.05) is 49.8 Å². The Hall–Kier alpha value is -2.22. The Balaban J connectivity index is 1.47. The molecule has 0 unspecified atom stereocenters. The Morgan fingerprint density at radius 1 is 1.42 bits per heavy atom. The summed E-state index contributed by atoms with van der Waals surface area (Å²) in [4.78, 5) is 30.0. The standard InChI is InChI=1S/C16H20N4O3S/c1-17-16(22)11-4-7-20(8-5-11)14(21)3-2-13-18-15(19-23-13)12-6-9-24-10-12/h6,9-11H,2-5,7-8H2,1H3,(H,17,22). The molecule has 0 radical (unpaired) electrons. The first-order valence-corrected chi connectivity index (χ1v) is 8.96. The van der Waals surface area contributed by atoms with Crippen LogP contribution in [0.5, 0.6) is 0 Å². The van der Waals surface area contributed by atoms with Gasteiger partial charge in [-0.05, 0) is 24.3 Å². The molecule has 3 rings (SSSR count). The molecule has 0 aromatic carbocycles. The van der Waals surface area contributed by atoms with Gasteiger partial charge in [-0.25, -0.2) is 0 Å². The lowest BCUT2D eigenvalue weighted by molar-refractivity contribution is -0.135. The Labute approximate surface area is 144 Å². The molecule has 2 aromatic rings. The molecule has 0 bridgehead atoms. The van der Waals surface area contributed by atoms with E-state index in [9.17, 15) is 9.59 Å². The summed E-state index contributed by atoms with van der Waals surface area (Å²) in [5, 5.41) is 10.5. The van der Waals surface area contributed by atoms with Gasteiger partial charge in [0.1, 0.15) is 0 Å². The summed E-state index contributed by atoms with van der Waals surface area (Å²) in [5.41, 5.74) is 0.928. The van der Waals surface area contributed by atoms with Crippen molar-refractivity contribution < 1.29 is 14.1 Å². The molecule has 128 valence electrons. The van der Waals surface area contributed by atoms with Gasteiger partial charge in [0.15, 0.2) is 0 Å². The number of hydrogen-bond donors (Lipinski definition) is 1. The molecular formula is C16H20N4O3S. The van der Waals surface area contributed by atoms with Crippen LogP contribution in [0.4, 0.5) is 0 Å². The van der Waals surface area contributed by atoms with E-state index in [0.29, 0.717) is 50.5 Å². The van der Waals surface area contributed by atoms with Crippen LogP contribution in [0.15, 0.2) is 21.3 Å². The SMILES string of the molecule is CNC(=O)C1CCN(C(=O)CCc2nc(-c3ccsc3)no2)CC1. The highest BCUT2D eigenvalue weighted by atomic mass is 32.1. The summed E-state index contributed by atoms with van der Waals surface area (Å²) in [5.74, 6) is 1.19. The van der Waals surface area contributed by atoms with Gasteiger partial charge in [0.25, 0.3) is 0 Å². The lowest BCUT2D eigenvalue weighted by Gasteiger charge is -2.31. The van der Waals surface area contributed by atoms with E-state index in [-0.39, 0.29) is 17.7 Å². The minimum Gasteiger partial charge on any atom is -0.359 e. The molecule has 0 spiro atoms. The number of carbonyl (C=O) groups is 2. The molecule has 0 aliphatic carbocycles. The number of rotatable bonds is 5. The van der Waals surface area contributed by atoms with Crippen LogP contribution < -0.4 is 5.32 Å². The predicted molar refractivity (Wildman–Crippen MR) is 89.3 cm³/mol. The molecule has 8 heteroatoms. The summed E-state index contributed by atoms with van der Waals surface area (Å²) in [6.45, 7) is 1.25. The lowest BCUT2D eigenvalue weighted by Crippen LogP contribution is -2.42. The molecule has 2 aromatic heterocycles. The number of likely N-dealkylation sites (tertiary alicyclic amines) is 1. The van der Waals surface area contributed by atoms with Crippen LogP contribution >= 0.6 is 11.3 Å². The maximum absolute atomic E-state index is 12.3. The topological polar surface area (TPSA) is 88.3 Å². The fourth-order valence-electron chi connectivity index (χ4n) is 2.83. The first-order valence-electron chi connectivity index (χ1n) is 8.02. The van der Waals surface area contributed by atoms with Crippen LogP contribution in [-0.2, 0) is 16.0 Å². The second-order valence-electron chi connectivity index (χ2n) is 5.79. The summed E-state index contributed by atoms with van der Waals surface area (Å²) < 4.78 is 5.21. The molecular weight excluding hydrogens is 328 g/mol. The van der Waals surface area contributed by atoms with E-state index in [4.69, 9.17) is 4.52 Å². The Morgan fingerprint density at radius 2 is 2.21 bits per heavy atom. The van der Waals surface area contributed by atoms with E-state index in [1.54, 1.807) is 18.4 Å². The number of aromatic nitrogens is 2. The van der Waals surface area contributed by atoms with E-state index in [1.807, 2.05) is 21.7 Å². The third-order valence-corrected chi connectivity index (χ3v) is 4.95. The lowest BCUT2D eigenvalue weighted by atomic mass is 9.96. The van der Waals surface area contributed by atoms with Crippen LogP contribution in [0.1, 0.15) is 25.2 Å². The first-order chi connectivity index (χ1) is 11.7. The molecule has 1 N–H and O–H groups in total. The molecule has 7 nitrogen and oxygen atoms in total. The van der Waals surface area contributed by atoms with Crippen molar-refractivity contribution in [3.8, 4) is 11.4 Å². The number of hydrogen-bond acceptors (Lipinski definition) is 6. The summed E-state index contributed by atoms with van der Waals surface area (Å²) in [7, 11) is 1.65. The average Bonchev–Trinajstić information content (AvgIpc) is 3.30. The van der Waals surface area contributed by atoms with Gasteiger partial charge >= 0.3 is 0 Å². The van der Waals surface area contributed by atoms with Gasteiger partial charge in [-0.3, -0.25) is 9.59 Å². The maximum Gasteiger partial charge on any atom is 0.227 e. The number of nitrogens with zero attached hydrogens (tertiary/aromatic N) is 3. The van der Waals surface area contributed by atoms with Gasteiger partial charge in [-0.2, -0.15) is 16.3 Å². The van der Waals surface area contributed by atoms with Crippen molar-refractivity contribution >= 4 is 23.2 Å². The van der Waals surface area contributed by atoms with Crippen molar-refractivity contribution in [2.75, 3.05) is 20.1 Å². The first kappa shape index (κ1) is 16.6. The second-order valence-corrected chi connectivity index (χ2v) is 6.57. The highest BCUT2D eigenvalue weighted by Crippen LogP contribution is 2.20. The number of aryl methyl sites for hydroxylation is 1.